The number of nitrogens with one attached hydrogen (secondary N) is 1. The summed E-state index contributed by atoms with van der Waals surface area (Å²) in [6.07, 6.45) is 0. The molecule has 0 spiro atoms. The largest absolute Gasteiger partial charge is 0.456 e. The predicted molar refractivity (Wildman–Crippen MR) is 130 cm³/mol. The van der Waals surface area contributed by atoms with Gasteiger partial charge in [-0.25, -0.2) is 9.07 Å². The maximum atomic E-state index is 13.8. The SMILES string of the molecule is C=CSNc1cccc(Oc2c(C)cc(F)cc2C)c1-c1nn(C)c(=O)c2ccccc12. The van der Waals surface area contributed by atoms with E-state index in [1.807, 2.05) is 36.4 Å². The van der Waals surface area contributed by atoms with Crippen LogP contribution in [0.5, 0.6) is 11.5 Å². The quantitative estimate of drug-likeness (QED) is 0.349. The lowest BCUT2D eigenvalue weighted by Crippen LogP contribution is -2.20. The van der Waals surface area contributed by atoms with E-state index < -0.39 is 0 Å². The predicted octanol–water partition coefficient (Wildman–Crippen LogP) is 6.35. The summed E-state index contributed by atoms with van der Waals surface area (Å²) in [6.45, 7) is 7.36. The zero-order valence-electron chi connectivity index (χ0n) is 18.0. The summed E-state index contributed by atoms with van der Waals surface area (Å²) < 4.78 is 24.8. The normalized spacial score (nSPS) is 10.9. The molecule has 0 unspecified atom stereocenters. The molecule has 0 aliphatic rings. The number of ether oxygens (including phenoxy) is 1. The van der Waals surface area contributed by atoms with Crippen molar-refractivity contribution in [1.82, 2.24) is 9.78 Å². The maximum Gasteiger partial charge on any atom is 0.274 e. The number of hydrogen-bond donors (Lipinski definition) is 1. The maximum absolute atomic E-state index is 13.8. The second-order valence-corrected chi connectivity index (χ2v) is 8.13. The molecule has 0 aliphatic heterocycles. The van der Waals surface area contributed by atoms with Gasteiger partial charge in [0.25, 0.3) is 5.56 Å². The van der Waals surface area contributed by atoms with Crippen LogP contribution in [0.4, 0.5) is 10.1 Å². The van der Waals surface area contributed by atoms with E-state index in [2.05, 4.69) is 16.4 Å². The molecule has 162 valence electrons. The Bertz CT molecular complexity index is 1380. The minimum atomic E-state index is -0.309. The number of halogens is 1. The first-order valence-corrected chi connectivity index (χ1v) is 10.8. The van der Waals surface area contributed by atoms with Gasteiger partial charge in [0, 0.05) is 12.4 Å². The molecule has 0 saturated carbocycles. The first-order valence-electron chi connectivity index (χ1n) is 9.97. The molecule has 1 N–H and O–H groups in total. The first-order chi connectivity index (χ1) is 15.4. The highest BCUT2D eigenvalue weighted by Crippen LogP contribution is 2.42. The summed E-state index contributed by atoms with van der Waals surface area (Å²) in [5.41, 5.74) is 3.24. The number of benzene rings is 3. The van der Waals surface area contributed by atoms with Crippen LogP contribution in [0, 0.1) is 19.7 Å². The van der Waals surface area contributed by atoms with E-state index in [4.69, 9.17) is 4.74 Å². The molecular formula is C25H22FN3O2S. The molecule has 1 heterocycles. The van der Waals surface area contributed by atoms with Gasteiger partial charge in [-0.1, -0.05) is 30.8 Å². The van der Waals surface area contributed by atoms with E-state index in [1.165, 1.54) is 28.8 Å². The monoisotopic (exact) mass is 447 g/mol. The van der Waals surface area contributed by atoms with Crippen LogP contribution in [0.15, 0.2) is 71.4 Å². The molecular weight excluding hydrogens is 425 g/mol. The van der Waals surface area contributed by atoms with Gasteiger partial charge in [-0.2, -0.15) is 5.10 Å². The number of fused-ring (bicyclic) bond motifs is 1. The van der Waals surface area contributed by atoms with Crippen LogP contribution in [0.2, 0.25) is 0 Å². The smallest absolute Gasteiger partial charge is 0.274 e. The fourth-order valence-corrected chi connectivity index (χ4v) is 4.08. The average Bonchev–Trinajstić information content (AvgIpc) is 2.77. The van der Waals surface area contributed by atoms with E-state index in [0.29, 0.717) is 44.7 Å². The van der Waals surface area contributed by atoms with Crippen LogP contribution in [0.1, 0.15) is 11.1 Å². The Morgan fingerprint density at radius 1 is 1.09 bits per heavy atom. The van der Waals surface area contributed by atoms with Crippen LogP contribution in [0.3, 0.4) is 0 Å². The van der Waals surface area contributed by atoms with Gasteiger partial charge >= 0.3 is 0 Å². The van der Waals surface area contributed by atoms with E-state index in [9.17, 15) is 9.18 Å². The summed E-state index contributed by atoms with van der Waals surface area (Å²) in [5, 5.41) is 7.54. The molecule has 0 amide bonds. The summed E-state index contributed by atoms with van der Waals surface area (Å²) in [6, 6.07) is 15.8. The Morgan fingerprint density at radius 3 is 2.47 bits per heavy atom. The van der Waals surface area contributed by atoms with Gasteiger partial charge in [0.15, 0.2) is 0 Å². The number of aromatic nitrogens is 2. The molecule has 1 aromatic heterocycles. The van der Waals surface area contributed by atoms with Crippen LogP contribution < -0.4 is 15.0 Å². The van der Waals surface area contributed by atoms with Gasteiger partial charge in [0.05, 0.1) is 16.6 Å². The lowest BCUT2D eigenvalue weighted by molar-refractivity contribution is 0.474. The van der Waals surface area contributed by atoms with E-state index in [-0.39, 0.29) is 11.4 Å². The molecule has 7 heteroatoms. The number of aryl methyl sites for hydroxylation is 3. The first kappa shape index (κ1) is 21.6. The number of nitrogens with zero attached hydrogens (tertiary/aromatic N) is 2. The standard InChI is InChI=1S/C25H22FN3O2S/c1-5-32-28-20-11-8-12-21(31-24-15(2)13-17(26)14-16(24)3)22(20)23-18-9-6-7-10-19(18)25(30)29(4)27-23/h5-14,28H,1H2,2-4H3. The Balaban J connectivity index is 2.00. The number of rotatable bonds is 6. The zero-order chi connectivity index (χ0) is 22.8. The van der Waals surface area contributed by atoms with Crippen LogP contribution in [0.25, 0.3) is 22.0 Å². The van der Waals surface area contributed by atoms with Gasteiger partial charge in [-0.3, -0.25) is 4.79 Å². The highest BCUT2D eigenvalue weighted by atomic mass is 32.2. The average molecular weight is 448 g/mol. The molecule has 5 nitrogen and oxygen atoms in total. The molecule has 32 heavy (non-hydrogen) atoms. The second-order valence-electron chi connectivity index (χ2n) is 7.36. The Hall–Kier alpha value is -3.58. The molecule has 3 aromatic carbocycles. The van der Waals surface area contributed by atoms with E-state index in [1.54, 1.807) is 32.4 Å². The van der Waals surface area contributed by atoms with Crippen molar-refractivity contribution in [2.75, 3.05) is 4.72 Å². The van der Waals surface area contributed by atoms with Crippen molar-refractivity contribution in [2.45, 2.75) is 13.8 Å². The van der Waals surface area contributed by atoms with Crippen LogP contribution in [-0.4, -0.2) is 9.78 Å². The molecule has 0 radical (unpaired) electrons. The molecule has 4 rings (SSSR count). The van der Waals surface area contributed by atoms with Crippen molar-refractivity contribution < 1.29 is 9.13 Å². The van der Waals surface area contributed by atoms with Crippen molar-refractivity contribution in [2.24, 2.45) is 7.05 Å². The van der Waals surface area contributed by atoms with Crippen molar-refractivity contribution in [3.05, 3.63) is 93.9 Å². The molecule has 0 saturated heterocycles. The van der Waals surface area contributed by atoms with Crippen molar-refractivity contribution >= 4 is 28.4 Å². The minimum absolute atomic E-state index is 0.178. The van der Waals surface area contributed by atoms with Gasteiger partial charge in [-0.05, 0) is 72.7 Å². The van der Waals surface area contributed by atoms with Crippen LogP contribution in [-0.2, 0) is 7.05 Å². The Morgan fingerprint density at radius 2 is 1.78 bits per heavy atom. The van der Waals surface area contributed by atoms with Gasteiger partial charge in [0.1, 0.15) is 23.0 Å². The molecule has 0 bridgehead atoms. The third kappa shape index (κ3) is 3.99. The van der Waals surface area contributed by atoms with Gasteiger partial charge in [0.2, 0.25) is 0 Å². The van der Waals surface area contributed by atoms with E-state index >= 15 is 0 Å². The van der Waals surface area contributed by atoms with Crippen molar-refractivity contribution in [3.63, 3.8) is 0 Å². The Kier molecular flexibility index (Phi) is 6.01. The summed E-state index contributed by atoms with van der Waals surface area (Å²) in [7, 11) is 1.63. The van der Waals surface area contributed by atoms with E-state index in [0.717, 1.165) is 5.69 Å². The second kappa shape index (κ2) is 8.88. The highest BCUT2D eigenvalue weighted by Gasteiger charge is 2.20. The zero-order valence-corrected chi connectivity index (χ0v) is 18.8. The highest BCUT2D eigenvalue weighted by molar-refractivity contribution is 8.03. The summed E-state index contributed by atoms with van der Waals surface area (Å²) >= 11 is 1.32. The molecule has 0 fully saturated rings. The minimum Gasteiger partial charge on any atom is -0.456 e. The molecule has 4 aromatic rings. The summed E-state index contributed by atoms with van der Waals surface area (Å²) in [5.74, 6) is 0.806. The fourth-order valence-electron chi connectivity index (χ4n) is 3.70. The third-order valence-electron chi connectivity index (χ3n) is 5.11. The lowest BCUT2D eigenvalue weighted by Gasteiger charge is -2.19. The number of anilines is 1. The number of hydrogen-bond acceptors (Lipinski definition) is 5. The van der Waals surface area contributed by atoms with Gasteiger partial charge in [-0.15, -0.1) is 0 Å². The lowest BCUT2D eigenvalue weighted by atomic mass is 10.0. The van der Waals surface area contributed by atoms with Crippen LogP contribution >= 0.6 is 11.9 Å². The van der Waals surface area contributed by atoms with Gasteiger partial charge < -0.3 is 9.46 Å². The third-order valence-corrected chi connectivity index (χ3v) is 5.61. The molecule has 0 atom stereocenters. The van der Waals surface area contributed by atoms with Crippen molar-refractivity contribution in [1.29, 1.82) is 0 Å². The Labute approximate surface area is 189 Å². The van der Waals surface area contributed by atoms with Crippen molar-refractivity contribution in [3.8, 4) is 22.8 Å². The molecule has 0 aliphatic carbocycles. The fraction of sp³-hybridized carbons (Fsp3) is 0.120. The summed E-state index contributed by atoms with van der Waals surface area (Å²) in [4.78, 5) is 12.7. The topological polar surface area (TPSA) is 56.1 Å².